The van der Waals surface area contributed by atoms with Crippen molar-refractivity contribution in [1.82, 2.24) is 0 Å². The molecule has 0 atom stereocenters. The molecule has 4 nitrogen and oxygen atoms in total. The first kappa shape index (κ1) is 19.2. The summed E-state index contributed by atoms with van der Waals surface area (Å²) in [6, 6.07) is 21.0. The lowest BCUT2D eigenvalue weighted by Crippen LogP contribution is -2.12. The van der Waals surface area contributed by atoms with E-state index in [0.29, 0.717) is 23.7 Å². The van der Waals surface area contributed by atoms with E-state index in [9.17, 15) is 4.79 Å². The number of hydrogen-bond donors (Lipinski definition) is 1. The Balaban J connectivity index is 1.71. The highest BCUT2D eigenvalue weighted by molar-refractivity contribution is 14.1. The molecule has 0 radical (unpaired) electrons. The number of amides is 1. The van der Waals surface area contributed by atoms with Crippen molar-refractivity contribution in [2.75, 3.05) is 12.4 Å². The number of hydrogen-bond acceptors (Lipinski definition) is 3. The summed E-state index contributed by atoms with van der Waals surface area (Å²) in [4.78, 5) is 12.5. The first-order valence-electron chi connectivity index (χ1n) is 8.48. The van der Waals surface area contributed by atoms with Crippen molar-refractivity contribution < 1.29 is 14.3 Å². The fraction of sp³-hybridized carbons (Fsp3) is 0.136. The van der Waals surface area contributed by atoms with Crippen LogP contribution in [-0.4, -0.2) is 13.0 Å². The molecule has 27 heavy (non-hydrogen) atoms. The predicted octanol–water partition coefficient (Wildman–Crippen LogP) is 5.44. The zero-order valence-corrected chi connectivity index (χ0v) is 17.3. The number of rotatable bonds is 6. The Morgan fingerprint density at radius 1 is 1.00 bits per heavy atom. The van der Waals surface area contributed by atoms with Crippen LogP contribution in [-0.2, 0) is 6.61 Å². The third-order valence-corrected chi connectivity index (χ3v) is 4.69. The highest BCUT2D eigenvalue weighted by Gasteiger charge is 2.12. The molecular formula is C22H20INO3. The summed E-state index contributed by atoms with van der Waals surface area (Å²) in [7, 11) is 1.56. The molecule has 5 heteroatoms. The second-order valence-electron chi connectivity index (χ2n) is 6.10. The van der Waals surface area contributed by atoms with Gasteiger partial charge in [-0.1, -0.05) is 35.9 Å². The molecule has 0 aliphatic carbocycles. The van der Waals surface area contributed by atoms with E-state index in [-0.39, 0.29) is 5.91 Å². The average Bonchev–Trinajstić information content (AvgIpc) is 2.67. The van der Waals surface area contributed by atoms with Crippen LogP contribution in [0.3, 0.4) is 0 Å². The van der Waals surface area contributed by atoms with Crippen molar-refractivity contribution in [1.29, 1.82) is 0 Å². The molecule has 138 valence electrons. The summed E-state index contributed by atoms with van der Waals surface area (Å²) in [5.41, 5.74) is 3.54. The standard InChI is InChI=1S/C22H20INO3/c1-15-6-8-16(9-7-15)14-27-20-11-10-17(12-21(20)26-2)22(25)24-19-5-3-4-18(23)13-19/h3-13H,14H2,1-2H3,(H,24,25). The lowest BCUT2D eigenvalue weighted by molar-refractivity contribution is 0.102. The summed E-state index contributed by atoms with van der Waals surface area (Å²) in [6.45, 7) is 2.48. The van der Waals surface area contributed by atoms with Gasteiger partial charge < -0.3 is 14.8 Å². The largest absolute Gasteiger partial charge is 0.493 e. The third kappa shape index (κ3) is 5.23. The fourth-order valence-electron chi connectivity index (χ4n) is 2.54. The van der Waals surface area contributed by atoms with Crippen LogP contribution in [0.5, 0.6) is 11.5 Å². The molecule has 0 saturated carbocycles. The first-order chi connectivity index (χ1) is 13.0. The van der Waals surface area contributed by atoms with E-state index in [0.717, 1.165) is 14.8 Å². The number of methoxy groups -OCH3 is 1. The Hall–Kier alpha value is -2.54. The molecule has 3 aromatic carbocycles. The molecule has 0 unspecified atom stereocenters. The SMILES string of the molecule is COc1cc(C(=O)Nc2cccc(I)c2)ccc1OCc1ccc(C)cc1. The zero-order chi connectivity index (χ0) is 19.2. The van der Waals surface area contributed by atoms with Gasteiger partial charge in [-0.15, -0.1) is 0 Å². The van der Waals surface area contributed by atoms with Gasteiger partial charge in [-0.2, -0.15) is 0 Å². The molecule has 0 spiro atoms. The maximum atomic E-state index is 12.5. The first-order valence-corrected chi connectivity index (χ1v) is 9.56. The van der Waals surface area contributed by atoms with Crippen LogP contribution in [0.25, 0.3) is 0 Å². The van der Waals surface area contributed by atoms with Gasteiger partial charge in [-0.3, -0.25) is 4.79 Å². The van der Waals surface area contributed by atoms with E-state index in [1.807, 2.05) is 55.5 Å². The summed E-state index contributed by atoms with van der Waals surface area (Å²) < 4.78 is 12.3. The van der Waals surface area contributed by atoms with Crippen LogP contribution < -0.4 is 14.8 Å². The molecule has 0 aromatic heterocycles. The Bertz CT molecular complexity index is 939. The lowest BCUT2D eigenvalue weighted by atomic mass is 10.1. The van der Waals surface area contributed by atoms with Gasteiger partial charge in [0.25, 0.3) is 5.91 Å². The molecule has 0 saturated heterocycles. The lowest BCUT2D eigenvalue weighted by Gasteiger charge is -2.13. The molecular weight excluding hydrogens is 453 g/mol. The van der Waals surface area contributed by atoms with Gasteiger partial charge in [-0.05, 0) is 71.5 Å². The smallest absolute Gasteiger partial charge is 0.255 e. The van der Waals surface area contributed by atoms with Gasteiger partial charge in [0.05, 0.1) is 7.11 Å². The van der Waals surface area contributed by atoms with Crippen LogP contribution in [0, 0.1) is 10.5 Å². The van der Waals surface area contributed by atoms with E-state index in [1.165, 1.54) is 5.56 Å². The zero-order valence-electron chi connectivity index (χ0n) is 15.2. The Morgan fingerprint density at radius 2 is 1.78 bits per heavy atom. The molecule has 3 rings (SSSR count). The second kappa shape index (κ2) is 8.90. The number of carbonyl (C=O) groups excluding carboxylic acids is 1. The average molecular weight is 473 g/mol. The quantitative estimate of drug-likeness (QED) is 0.486. The Morgan fingerprint density at radius 3 is 2.48 bits per heavy atom. The Kier molecular flexibility index (Phi) is 6.34. The van der Waals surface area contributed by atoms with E-state index < -0.39 is 0 Å². The predicted molar refractivity (Wildman–Crippen MR) is 116 cm³/mol. The van der Waals surface area contributed by atoms with E-state index >= 15 is 0 Å². The number of ether oxygens (including phenoxy) is 2. The van der Waals surface area contributed by atoms with Gasteiger partial charge in [0.2, 0.25) is 0 Å². The van der Waals surface area contributed by atoms with Crippen molar-refractivity contribution in [3.8, 4) is 11.5 Å². The van der Waals surface area contributed by atoms with Gasteiger partial charge in [0.1, 0.15) is 6.61 Å². The van der Waals surface area contributed by atoms with Gasteiger partial charge >= 0.3 is 0 Å². The maximum absolute atomic E-state index is 12.5. The number of nitrogens with one attached hydrogen (secondary N) is 1. The number of benzene rings is 3. The molecule has 0 bridgehead atoms. The van der Waals surface area contributed by atoms with Crippen molar-refractivity contribution in [2.45, 2.75) is 13.5 Å². The second-order valence-corrected chi connectivity index (χ2v) is 7.35. The monoisotopic (exact) mass is 473 g/mol. The van der Waals surface area contributed by atoms with Crippen molar-refractivity contribution in [2.24, 2.45) is 0 Å². The van der Waals surface area contributed by atoms with E-state index in [4.69, 9.17) is 9.47 Å². The van der Waals surface area contributed by atoms with Crippen LogP contribution in [0.4, 0.5) is 5.69 Å². The molecule has 1 N–H and O–H groups in total. The Labute approximate surface area is 172 Å². The molecule has 1 amide bonds. The summed E-state index contributed by atoms with van der Waals surface area (Å²) in [5, 5.41) is 2.89. The summed E-state index contributed by atoms with van der Waals surface area (Å²) in [5.74, 6) is 0.932. The van der Waals surface area contributed by atoms with Crippen LogP contribution in [0.15, 0.2) is 66.7 Å². The summed E-state index contributed by atoms with van der Waals surface area (Å²) >= 11 is 2.21. The normalized spacial score (nSPS) is 10.3. The topological polar surface area (TPSA) is 47.6 Å². The number of aryl methyl sites for hydroxylation is 1. The summed E-state index contributed by atoms with van der Waals surface area (Å²) in [6.07, 6.45) is 0. The molecule has 0 aliphatic rings. The van der Waals surface area contributed by atoms with E-state index in [1.54, 1.807) is 25.3 Å². The third-order valence-electron chi connectivity index (χ3n) is 4.02. The molecule has 0 aliphatic heterocycles. The van der Waals surface area contributed by atoms with Gasteiger partial charge in [0.15, 0.2) is 11.5 Å². The molecule has 3 aromatic rings. The number of halogens is 1. The van der Waals surface area contributed by atoms with Crippen LogP contribution >= 0.6 is 22.6 Å². The number of anilines is 1. The van der Waals surface area contributed by atoms with Crippen molar-refractivity contribution in [3.05, 3.63) is 87.0 Å². The fourth-order valence-corrected chi connectivity index (χ4v) is 3.09. The minimum absolute atomic E-state index is 0.194. The molecule has 0 heterocycles. The van der Waals surface area contributed by atoms with Crippen LogP contribution in [0.1, 0.15) is 21.5 Å². The highest BCUT2D eigenvalue weighted by Crippen LogP contribution is 2.29. The number of carbonyl (C=O) groups is 1. The van der Waals surface area contributed by atoms with E-state index in [2.05, 4.69) is 27.9 Å². The van der Waals surface area contributed by atoms with Gasteiger partial charge in [0, 0.05) is 14.8 Å². The van der Waals surface area contributed by atoms with Crippen LogP contribution in [0.2, 0.25) is 0 Å². The van der Waals surface area contributed by atoms with Crippen molar-refractivity contribution >= 4 is 34.2 Å². The minimum Gasteiger partial charge on any atom is -0.493 e. The minimum atomic E-state index is -0.194. The maximum Gasteiger partial charge on any atom is 0.255 e. The molecule has 0 fully saturated rings. The highest BCUT2D eigenvalue weighted by atomic mass is 127. The van der Waals surface area contributed by atoms with Gasteiger partial charge in [-0.25, -0.2) is 0 Å². The van der Waals surface area contributed by atoms with Crippen molar-refractivity contribution in [3.63, 3.8) is 0 Å².